The quantitative estimate of drug-likeness (QED) is 0.374. The Morgan fingerprint density at radius 2 is 1.59 bits per heavy atom. The minimum Gasteiger partial charge on any atom is -0.490 e. The second kappa shape index (κ2) is 10.4. The van der Waals surface area contributed by atoms with E-state index in [0.717, 1.165) is 12.1 Å². The largest absolute Gasteiger partial charge is 0.490 e. The summed E-state index contributed by atoms with van der Waals surface area (Å²) in [6.07, 6.45) is -3.09. The lowest BCUT2D eigenvalue weighted by molar-refractivity contribution is -0.0885. The Balaban J connectivity index is 1.95. The van der Waals surface area contributed by atoms with Crippen LogP contribution in [0.2, 0.25) is 10.0 Å². The monoisotopic (exact) mass is 486 g/mol. The van der Waals surface area contributed by atoms with E-state index in [0.29, 0.717) is 17.7 Å². The molecule has 0 unspecified atom stereocenters. The molecule has 0 radical (unpaired) electrons. The number of hydrogen-bond acceptors (Lipinski definition) is 3. The molecule has 29 heavy (non-hydrogen) atoms. The fraction of sp³-hybridized carbons (Fsp3) is 0.211. The van der Waals surface area contributed by atoms with Gasteiger partial charge in [-0.1, -0.05) is 70.7 Å². The maximum Gasteiger partial charge on any atom is 0.454 e. The molecule has 2 aromatic rings. The molecule has 0 atom stereocenters. The molecule has 0 aliphatic carbocycles. The lowest BCUT2D eigenvalue weighted by atomic mass is 10.1. The molecule has 2 aromatic carbocycles. The number of ether oxygens (including phenoxy) is 2. The minimum atomic E-state index is -4.90. The van der Waals surface area contributed by atoms with Crippen LogP contribution in [0.1, 0.15) is 15.9 Å². The highest BCUT2D eigenvalue weighted by Gasteiger charge is 2.39. The van der Waals surface area contributed by atoms with E-state index in [1.54, 1.807) is 0 Å². The van der Waals surface area contributed by atoms with Gasteiger partial charge in [-0.05, 0) is 11.6 Å². The van der Waals surface area contributed by atoms with Crippen LogP contribution in [-0.4, -0.2) is 25.2 Å². The molecule has 0 aliphatic rings. The Labute approximate surface area is 184 Å². The molecule has 0 aliphatic heterocycles. The number of carbonyl (C=O) groups is 1. The number of Topliss-reactive ketones (excluding diaryl/α,β-unsaturated/α-hetero) is 1. The molecule has 0 fully saturated rings. The van der Waals surface area contributed by atoms with Crippen molar-refractivity contribution < 1.29 is 27.4 Å². The first-order chi connectivity index (χ1) is 13.6. The second-order valence-corrected chi connectivity index (χ2v) is 7.47. The van der Waals surface area contributed by atoms with E-state index in [1.807, 2.05) is 0 Å². The molecule has 0 aromatic heterocycles. The van der Waals surface area contributed by atoms with Crippen molar-refractivity contribution in [1.29, 1.82) is 0 Å². The average Bonchev–Trinajstić information content (AvgIpc) is 2.63. The smallest absolute Gasteiger partial charge is 0.454 e. The average molecular weight is 488 g/mol. The van der Waals surface area contributed by atoms with E-state index in [1.165, 1.54) is 30.3 Å². The topological polar surface area (TPSA) is 35.5 Å². The van der Waals surface area contributed by atoms with E-state index in [2.05, 4.69) is 0 Å². The zero-order valence-electron chi connectivity index (χ0n) is 14.5. The Morgan fingerprint density at radius 3 is 2.10 bits per heavy atom. The Bertz CT molecular complexity index is 870. The van der Waals surface area contributed by atoms with Crippen LogP contribution in [0, 0.1) is 0 Å². The predicted molar refractivity (Wildman–Crippen MR) is 108 cm³/mol. The first kappa shape index (κ1) is 23.7. The van der Waals surface area contributed by atoms with Gasteiger partial charge in [-0.3, -0.25) is 4.79 Å². The predicted octanol–water partition coefficient (Wildman–Crippen LogP) is 7.06. The summed E-state index contributed by atoms with van der Waals surface area (Å²) in [7, 11) is 0. The van der Waals surface area contributed by atoms with Crippen LogP contribution in [0.4, 0.5) is 13.2 Å². The number of ketones is 1. The molecule has 2 rings (SSSR count). The third-order valence-corrected chi connectivity index (χ3v) is 4.44. The summed E-state index contributed by atoms with van der Waals surface area (Å²) in [5.74, 6) is -1.25. The van der Waals surface area contributed by atoms with Gasteiger partial charge in [-0.25, -0.2) is 0 Å². The van der Waals surface area contributed by atoms with Gasteiger partial charge in [0.25, 0.3) is 5.78 Å². The van der Waals surface area contributed by atoms with Gasteiger partial charge in [-0.15, -0.1) is 0 Å². The van der Waals surface area contributed by atoms with E-state index in [4.69, 9.17) is 55.9 Å². The van der Waals surface area contributed by atoms with Crippen LogP contribution >= 0.6 is 46.4 Å². The summed E-state index contributed by atoms with van der Waals surface area (Å²) in [6.45, 7) is 0.291. The molecule has 0 spiro atoms. The zero-order valence-corrected chi connectivity index (χ0v) is 17.6. The van der Waals surface area contributed by atoms with Crippen molar-refractivity contribution >= 4 is 52.2 Å². The summed E-state index contributed by atoms with van der Waals surface area (Å²) in [5, 5.41) is 0.444. The van der Waals surface area contributed by atoms with Crippen LogP contribution in [-0.2, 0) is 6.42 Å². The molecule has 3 nitrogen and oxygen atoms in total. The van der Waals surface area contributed by atoms with Gasteiger partial charge >= 0.3 is 6.18 Å². The Kier molecular flexibility index (Phi) is 8.52. The lowest BCUT2D eigenvalue weighted by Crippen LogP contribution is -2.22. The van der Waals surface area contributed by atoms with Gasteiger partial charge in [0, 0.05) is 24.1 Å². The number of alkyl halides is 3. The van der Waals surface area contributed by atoms with Crippen LogP contribution in [0.25, 0.3) is 0 Å². The number of carbonyl (C=O) groups excluding carboxylic acids is 1. The van der Waals surface area contributed by atoms with E-state index in [-0.39, 0.29) is 33.5 Å². The summed E-state index contributed by atoms with van der Waals surface area (Å²) in [5.41, 5.74) is 0.259. The maximum absolute atomic E-state index is 12.4. The highest BCUT2D eigenvalue weighted by molar-refractivity contribution is 6.55. The lowest BCUT2D eigenvalue weighted by Gasteiger charge is -2.12. The molecule has 0 amide bonds. The molecule has 0 N–H and O–H groups in total. The van der Waals surface area contributed by atoms with Crippen molar-refractivity contribution in [3.8, 4) is 11.5 Å². The van der Waals surface area contributed by atoms with Crippen molar-refractivity contribution in [1.82, 2.24) is 0 Å². The zero-order chi connectivity index (χ0) is 21.6. The molecule has 0 saturated heterocycles. The molecule has 0 heterocycles. The van der Waals surface area contributed by atoms with Crippen molar-refractivity contribution in [3.63, 3.8) is 0 Å². The fourth-order valence-corrected chi connectivity index (χ4v) is 2.92. The molecule has 10 heteroatoms. The third kappa shape index (κ3) is 7.30. The SMILES string of the molecule is O=C(c1ccc(CCOc2c(Cl)cc(OCC=C(Cl)Cl)cc2Cl)cc1)C(F)(F)F. The van der Waals surface area contributed by atoms with Crippen LogP contribution in [0.15, 0.2) is 47.0 Å². The second-order valence-electron chi connectivity index (χ2n) is 5.64. The van der Waals surface area contributed by atoms with Gasteiger partial charge in [0.2, 0.25) is 0 Å². The summed E-state index contributed by atoms with van der Waals surface area (Å²) in [4.78, 5) is 11.2. The van der Waals surface area contributed by atoms with Gasteiger partial charge in [0.1, 0.15) is 16.8 Å². The van der Waals surface area contributed by atoms with Crippen molar-refractivity contribution in [2.75, 3.05) is 13.2 Å². The summed E-state index contributed by atoms with van der Waals surface area (Å²) < 4.78 is 48.3. The highest BCUT2D eigenvalue weighted by atomic mass is 35.5. The molecule has 0 saturated carbocycles. The van der Waals surface area contributed by atoms with Gasteiger partial charge in [0.15, 0.2) is 5.75 Å². The summed E-state index contributed by atoms with van der Waals surface area (Å²) in [6, 6.07) is 8.13. The van der Waals surface area contributed by atoms with Crippen molar-refractivity contribution in [2.24, 2.45) is 0 Å². The first-order valence-electron chi connectivity index (χ1n) is 8.04. The van der Waals surface area contributed by atoms with Gasteiger partial charge in [0.05, 0.1) is 16.7 Å². The van der Waals surface area contributed by atoms with Gasteiger partial charge < -0.3 is 9.47 Å². The molecular weight excluding hydrogens is 475 g/mol. The summed E-state index contributed by atoms with van der Waals surface area (Å²) >= 11 is 23.3. The Morgan fingerprint density at radius 1 is 1.00 bits per heavy atom. The van der Waals surface area contributed by atoms with Gasteiger partial charge in [-0.2, -0.15) is 13.2 Å². The number of hydrogen-bond donors (Lipinski definition) is 0. The van der Waals surface area contributed by atoms with E-state index >= 15 is 0 Å². The fourth-order valence-electron chi connectivity index (χ4n) is 2.22. The number of benzene rings is 2. The molecular formula is C19H13Cl4F3O3. The van der Waals surface area contributed by atoms with E-state index < -0.39 is 17.5 Å². The number of halogens is 7. The van der Waals surface area contributed by atoms with Crippen molar-refractivity contribution in [2.45, 2.75) is 12.6 Å². The minimum absolute atomic E-state index is 0.0675. The normalized spacial score (nSPS) is 11.1. The third-order valence-electron chi connectivity index (χ3n) is 3.57. The van der Waals surface area contributed by atoms with Crippen molar-refractivity contribution in [3.05, 3.63) is 68.1 Å². The van der Waals surface area contributed by atoms with E-state index in [9.17, 15) is 18.0 Å². The standard InChI is InChI=1S/C19H13Cl4F3O3/c20-14-9-13(28-8-6-16(22)23)10-15(21)17(14)29-7-5-11-1-3-12(4-2-11)18(27)19(24,25)26/h1-4,6,9-10H,5,7-8H2. The van der Waals surface area contributed by atoms with Crippen LogP contribution < -0.4 is 9.47 Å². The van der Waals surface area contributed by atoms with Crippen LogP contribution in [0.3, 0.4) is 0 Å². The highest BCUT2D eigenvalue weighted by Crippen LogP contribution is 2.37. The maximum atomic E-state index is 12.4. The Hall–Kier alpha value is -1.60. The number of rotatable bonds is 8. The molecule has 0 bridgehead atoms. The molecule has 156 valence electrons. The first-order valence-corrected chi connectivity index (χ1v) is 9.55. The van der Waals surface area contributed by atoms with Crippen LogP contribution in [0.5, 0.6) is 11.5 Å².